The highest BCUT2D eigenvalue weighted by molar-refractivity contribution is 9.10. The molecule has 0 radical (unpaired) electrons. The summed E-state index contributed by atoms with van der Waals surface area (Å²) in [5, 5.41) is 2.78. The summed E-state index contributed by atoms with van der Waals surface area (Å²) in [6.07, 6.45) is 2.82. The lowest BCUT2D eigenvalue weighted by molar-refractivity contribution is -0.133. The van der Waals surface area contributed by atoms with Gasteiger partial charge in [-0.3, -0.25) is 9.69 Å². The molecule has 1 heterocycles. The Kier molecular flexibility index (Phi) is 6.63. The number of nitrogens with zero attached hydrogens (tertiary/aromatic N) is 2. The fourth-order valence-corrected chi connectivity index (χ4v) is 4.66. The average Bonchev–Trinajstić information content (AvgIpc) is 2.94. The zero-order valence-corrected chi connectivity index (χ0v) is 18.8. The first kappa shape index (κ1) is 21.4. The van der Waals surface area contributed by atoms with Crippen LogP contribution in [0.4, 0.5) is 4.79 Å². The number of nitrogens with one attached hydrogen (secondary N) is 1. The van der Waals surface area contributed by atoms with Crippen molar-refractivity contribution in [3.63, 3.8) is 0 Å². The molecule has 0 saturated carbocycles. The van der Waals surface area contributed by atoms with Crippen molar-refractivity contribution in [2.24, 2.45) is 0 Å². The summed E-state index contributed by atoms with van der Waals surface area (Å²) in [7, 11) is 3.43. The van der Waals surface area contributed by atoms with Gasteiger partial charge in [0.05, 0.1) is 0 Å². The summed E-state index contributed by atoms with van der Waals surface area (Å²) in [4.78, 5) is 30.5. The highest BCUT2D eigenvalue weighted by Gasteiger charge is 2.59. The molecule has 29 heavy (non-hydrogen) atoms. The summed E-state index contributed by atoms with van der Waals surface area (Å²) in [5.41, 5.74) is 0.729. The third kappa shape index (κ3) is 3.90. The van der Waals surface area contributed by atoms with E-state index in [9.17, 15) is 9.59 Å². The first-order valence-corrected chi connectivity index (χ1v) is 10.8. The van der Waals surface area contributed by atoms with Crippen LogP contribution in [-0.4, -0.2) is 42.0 Å². The molecule has 1 saturated heterocycles. The van der Waals surface area contributed by atoms with E-state index in [0.29, 0.717) is 6.42 Å². The van der Waals surface area contributed by atoms with Crippen molar-refractivity contribution in [1.29, 1.82) is 0 Å². The van der Waals surface area contributed by atoms with Gasteiger partial charge in [-0.2, -0.15) is 0 Å². The minimum absolute atomic E-state index is 0.0517. The van der Waals surface area contributed by atoms with Crippen molar-refractivity contribution in [2.45, 2.75) is 44.3 Å². The van der Waals surface area contributed by atoms with E-state index in [1.165, 1.54) is 0 Å². The number of carbonyl (C=O) groups excluding carboxylic acids is 2. The number of likely N-dealkylation sites (N-methyl/N-ethyl adjacent to an activating group) is 1. The van der Waals surface area contributed by atoms with E-state index in [4.69, 9.17) is 0 Å². The van der Waals surface area contributed by atoms with Crippen LogP contribution in [-0.2, 0) is 16.8 Å². The lowest BCUT2D eigenvalue weighted by atomic mass is 9.82. The Balaban J connectivity index is 2.22. The van der Waals surface area contributed by atoms with Gasteiger partial charge >= 0.3 is 6.03 Å². The molecule has 3 rings (SSSR count). The van der Waals surface area contributed by atoms with Crippen LogP contribution in [0.15, 0.2) is 59.1 Å². The molecule has 2 unspecified atom stereocenters. The van der Waals surface area contributed by atoms with Gasteiger partial charge in [-0.1, -0.05) is 71.7 Å². The average molecular weight is 458 g/mol. The topological polar surface area (TPSA) is 52.7 Å². The Bertz CT molecular complexity index is 873. The molecule has 0 aliphatic carbocycles. The van der Waals surface area contributed by atoms with Crippen molar-refractivity contribution in [1.82, 2.24) is 15.1 Å². The summed E-state index contributed by atoms with van der Waals surface area (Å²) in [5.74, 6) is -0.0517. The number of halogens is 1. The first-order chi connectivity index (χ1) is 14.0. The van der Waals surface area contributed by atoms with Gasteiger partial charge < -0.3 is 10.2 Å². The number of urea groups is 1. The van der Waals surface area contributed by atoms with Gasteiger partial charge in [0.2, 0.25) is 0 Å². The first-order valence-electron chi connectivity index (χ1n) is 10.0. The highest BCUT2D eigenvalue weighted by Crippen LogP contribution is 2.43. The maximum atomic E-state index is 13.8. The molecule has 2 aromatic rings. The maximum absolute atomic E-state index is 13.8. The van der Waals surface area contributed by atoms with Crippen molar-refractivity contribution in [2.75, 3.05) is 14.1 Å². The van der Waals surface area contributed by atoms with Crippen molar-refractivity contribution in [3.8, 4) is 0 Å². The van der Waals surface area contributed by atoms with Crippen LogP contribution in [0.3, 0.4) is 0 Å². The molecule has 0 spiro atoms. The van der Waals surface area contributed by atoms with Crippen LogP contribution in [0, 0.1) is 0 Å². The fraction of sp³-hybridized carbons (Fsp3) is 0.391. The van der Waals surface area contributed by atoms with Crippen LogP contribution in [0.5, 0.6) is 0 Å². The second-order valence-electron chi connectivity index (χ2n) is 7.50. The van der Waals surface area contributed by atoms with Gasteiger partial charge in [-0.25, -0.2) is 4.79 Å². The molecule has 2 aromatic carbocycles. The molecule has 1 aliphatic rings. The lowest BCUT2D eigenvalue weighted by Gasteiger charge is -2.38. The van der Waals surface area contributed by atoms with E-state index in [-0.39, 0.29) is 18.1 Å². The molecular weight excluding hydrogens is 430 g/mol. The predicted molar refractivity (Wildman–Crippen MR) is 118 cm³/mol. The molecule has 154 valence electrons. The number of benzene rings is 2. The van der Waals surface area contributed by atoms with E-state index < -0.39 is 5.54 Å². The molecule has 1 N–H and O–H groups in total. The Morgan fingerprint density at radius 2 is 1.90 bits per heavy atom. The number of rotatable bonds is 6. The zero-order valence-electron chi connectivity index (χ0n) is 17.2. The molecule has 5 nitrogen and oxygen atoms in total. The van der Waals surface area contributed by atoms with E-state index in [2.05, 4.69) is 28.2 Å². The second kappa shape index (κ2) is 8.99. The molecule has 0 bridgehead atoms. The van der Waals surface area contributed by atoms with Gasteiger partial charge in [0, 0.05) is 25.0 Å². The number of hydrogen-bond acceptors (Lipinski definition) is 2. The zero-order chi connectivity index (χ0) is 21.0. The van der Waals surface area contributed by atoms with E-state index >= 15 is 0 Å². The molecular formula is C23H28BrN3O2. The monoisotopic (exact) mass is 457 g/mol. The smallest absolute Gasteiger partial charge is 0.319 e. The molecule has 1 fully saturated rings. The van der Waals surface area contributed by atoms with Gasteiger partial charge in [-0.05, 0) is 36.1 Å². The van der Waals surface area contributed by atoms with Crippen LogP contribution in [0.1, 0.15) is 37.3 Å². The van der Waals surface area contributed by atoms with Gasteiger partial charge in [0.1, 0.15) is 6.17 Å². The highest BCUT2D eigenvalue weighted by atomic mass is 79.9. The summed E-state index contributed by atoms with van der Waals surface area (Å²) in [6.45, 7) is 2.12. The molecule has 2 atom stereocenters. The molecule has 1 aliphatic heterocycles. The number of unbranched alkanes of at least 4 members (excludes halogenated alkanes) is 1. The third-order valence-electron chi connectivity index (χ3n) is 5.68. The third-order valence-corrected chi connectivity index (χ3v) is 6.18. The van der Waals surface area contributed by atoms with Crippen LogP contribution in [0.2, 0.25) is 0 Å². The number of hydrogen-bond donors (Lipinski definition) is 1. The maximum Gasteiger partial charge on any atom is 0.319 e. The largest absolute Gasteiger partial charge is 0.341 e. The Hall–Kier alpha value is -2.34. The summed E-state index contributed by atoms with van der Waals surface area (Å²) in [6, 6.07) is 17.4. The van der Waals surface area contributed by atoms with Crippen LogP contribution >= 0.6 is 15.9 Å². The quantitative estimate of drug-likeness (QED) is 0.693. The molecule has 0 aromatic heterocycles. The predicted octanol–water partition coefficient (Wildman–Crippen LogP) is 4.52. The van der Waals surface area contributed by atoms with E-state index in [1.54, 1.807) is 16.8 Å². The summed E-state index contributed by atoms with van der Waals surface area (Å²) >= 11 is 3.54. The number of amides is 3. The Morgan fingerprint density at radius 3 is 2.52 bits per heavy atom. The Morgan fingerprint density at radius 1 is 1.17 bits per heavy atom. The minimum atomic E-state index is -1.10. The minimum Gasteiger partial charge on any atom is -0.341 e. The molecule has 3 amide bonds. The lowest BCUT2D eigenvalue weighted by Crippen LogP contribution is -2.55. The van der Waals surface area contributed by atoms with Crippen LogP contribution in [0.25, 0.3) is 0 Å². The number of carbonyl (C=O) groups is 2. The standard InChI is InChI=1S/C23H28BrN3O2/c1-4-5-14-20-26(3)21(28)23(27(20)22(29)25-2,16-17-10-7-6-8-11-17)18-12-9-13-19(24)15-18/h6-13,15,20H,4-5,14,16H2,1-3H3,(H,25,29). The van der Waals surface area contributed by atoms with Gasteiger partial charge in [-0.15, -0.1) is 0 Å². The van der Waals surface area contributed by atoms with Gasteiger partial charge in [0.15, 0.2) is 5.54 Å². The second-order valence-corrected chi connectivity index (χ2v) is 8.41. The Labute approximate surface area is 181 Å². The van der Waals surface area contributed by atoms with Crippen molar-refractivity contribution in [3.05, 3.63) is 70.2 Å². The SMILES string of the molecule is CCCCC1N(C)C(=O)C(Cc2ccccc2)(c2cccc(Br)c2)N1C(=O)NC. The fourth-order valence-electron chi connectivity index (χ4n) is 4.26. The normalized spacial score (nSPS) is 21.5. The van der Waals surface area contributed by atoms with Gasteiger partial charge in [0.25, 0.3) is 5.91 Å². The van der Waals surface area contributed by atoms with E-state index in [0.717, 1.165) is 34.9 Å². The van der Waals surface area contributed by atoms with E-state index in [1.807, 2.05) is 61.6 Å². The van der Waals surface area contributed by atoms with Crippen molar-refractivity contribution < 1.29 is 9.59 Å². The van der Waals surface area contributed by atoms with Crippen molar-refractivity contribution >= 4 is 27.9 Å². The van der Waals surface area contributed by atoms with Crippen LogP contribution < -0.4 is 5.32 Å². The molecule has 6 heteroatoms. The summed E-state index contributed by atoms with van der Waals surface area (Å²) < 4.78 is 0.881.